The third-order valence-electron chi connectivity index (χ3n) is 5.23. The summed E-state index contributed by atoms with van der Waals surface area (Å²) in [5.41, 5.74) is 0.970. The Kier molecular flexibility index (Phi) is 11.7. The number of methoxy groups -OCH3 is 1. The smallest absolute Gasteiger partial charge is 0.416 e. The lowest BCUT2D eigenvalue weighted by Gasteiger charge is -2.27. The first-order valence-electron chi connectivity index (χ1n) is 12.2. The third kappa shape index (κ3) is 10.9. The maximum absolute atomic E-state index is 12.8. The normalized spacial score (nSPS) is 11.7. The van der Waals surface area contributed by atoms with Gasteiger partial charge in [0.25, 0.3) is 0 Å². The lowest BCUT2D eigenvalue weighted by atomic mass is 10.0. The standard InChI is InChI=1S/C27H35BrN4O6/c1-18-12-13-29-22(15-18)32(26(36)38-27(2,3)4)14-6-7-23(33)30-17-24(34)31-21(16-25(35)37-5)19-8-10-20(28)11-9-19/h8-13,15,21H,6-7,14,16-17H2,1-5H3,(H,30,33)(H,31,34)/t21-/m0/s1. The fraction of sp³-hybridized carbons (Fsp3) is 0.444. The third-order valence-corrected chi connectivity index (χ3v) is 5.76. The van der Waals surface area contributed by atoms with Crippen molar-refractivity contribution >= 4 is 45.6 Å². The van der Waals surface area contributed by atoms with Gasteiger partial charge in [0, 0.05) is 23.6 Å². The Bertz CT molecular complexity index is 1120. The molecule has 2 aromatic rings. The van der Waals surface area contributed by atoms with Crippen molar-refractivity contribution in [2.75, 3.05) is 25.1 Å². The Morgan fingerprint density at radius 3 is 2.37 bits per heavy atom. The number of anilines is 1. The number of benzene rings is 1. The van der Waals surface area contributed by atoms with Gasteiger partial charge < -0.3 is 20.1 Å². The van der Waals surface area contributed by atoms with Gasteiger partial charge in [-0.2, -0.15) is 0 Å². The van der Waals surface area contributed by atoms with E-state index in [1.54, 1.807) is 57.3 Å². The quantitative estimate of drug-likeness (QED) is 0.375. The Morgan fingerprint density at radius 2 is 1.76 bits per heavy atom. The number of esters is 1. The molecule has 0 aliphatic rings. The van der Waals surface area contributed by atoms with Gasteiger partial charge in [-0.3, -0.25) is 19.3 Å². The number of halogens is 1. The zero-order valence-corrected chi connectivity index (χ0v) is 24.0. The van der Waals surface area contributed by atoms with Gasteiger partial charge in [-0.1, -0.05) is 28.1 Å². The Labute approximate surface area is 231 Å². The number of nitrogens with zero attached hydrogens (tertiary/aromatic N) is 2. The van der Waals surface area contributed by atoms with E-state index in [-0.39, 0.29) is 31.8 Å². The van der Waals surface area contributed by atoms with E-state index in [0.717, 1.165) is 15.6 Å². The molecule has 0 bridgehead atoms. The molecule has 1 atom stereocenters. The first kappa shape index (κ1) is 30.8. The molecule has 0 unspecified atom stereocenters. The predicted molar refractivity (Wildman–Crippen MR) is 146 cm³/mol. The summed E-state index contributed by atoms with van der Waals surface area (Å²) in [4.78, 5) is 55.2. The molecule has 0 saturated carbocycles. The van der Waals surface area contributed by atoms with Crippen LogP contribution in [0, 0.1) is 6.92 Å². The summed E-state index contributed by atoms with van der Waals surface area (Å²) in [6, 6.07) is 10.2. The van der Waals surface area contributed by atoms with Crippen molar-refractivity contribution in [3.63, 3.8) is 0 Å². The van der Waals surface area contributed by atoms with E-state index >= 15 is 0 Å². The molecule has 38 heavy (non-hydrogen) atoms. The van der Waals surface area contributed by atoms with Crippen LogP contribution in [-0.2, 0) is 23.9 Å². The number of pyridine rings is 1. The zero-order valence-electron chi connectivity index (χ0n) is 22.4. The van der Waals surface area contributed by atoms with E-state index in [2.05, 4.69) is 31.5 Å². The maximum atomic E-state index is 12.8. The molecule has 0 aliphatic carbocycles. The molecular weight excluding hydrogens is 556 g/mol. The van der Waals surface area contributed by atoms with E-state index in [4.69, 9.17) is 9.47 Å². The Hall–Kier alpha value is -3.47. The Morgan fingerprint density at radius 1 is 1.08 bits per heavy atom. The van der Waals surface area contributed by atoms with Crippen LogP contribution in [0.5, 0.6) is 0 Å². The topological polar surface area (TPSA) is 127 Å². The number of amides is 3. The van der Waals surface area contributed by atoms with Gasteiger partial charge in [0.2, 0.25) is 11.8 Å². The van der Waals surface area contributed by atoms with Crippen molar-refractivity contribution in [2.45, 2.75) is 58.6 Å². The molecule has 1 heterocycles. The predicted octanol–water partition coefficient (Wildman–Crippen LogP) is 4.21. The van der Waals surface area contributed by atoms with Crippen LogP contribution >= 0.6 is 15.9 Å². The Balaban J connectivity index is 1.91. The number of aryl methyl sites for hydroxylation is 1. The number of carbonyl (C=O) groups excluding carboxylic acids is 4. The number of rotatable bonds is 11. The van der Waals surface area contributed by atoms with E-state index in [1.807, 2.05) is 13.0 Å². The number of hydrogen-bond acceptors (Lipinski definition) is 7. The van der Waals surface area contributed by atoms with Crippen LogP contribution in [0.25, 0.3) is 0 Å². The summed E-state index contributed by atoms with van der Waals surface area (Å²) >= 11 is 3.36. The first-order chi connectivity index (χ1) is 17.9. The molecule has 0 saturated heterocycles. The molecular formula is C27H35BrN4O6. The highest BCUT2D eigenvalue weighted by atomic mass is 79.9. The molecule has 0 aliphatic heterocycles. The molecule has 0 spiro atoms. The molecule has 10 nitrogen and oxygen atoms in total. The second-order valence-electron chi connectivity index (χ2n) is 9.66. The van der Waals surface area contributed by atoms with Gasteiger partial charge in [-0.05, 0) is 69.5 Å². The van der Waals surface area contributed by atoms with Crippen molar-refractivity contribution in [3.8, 4) is 0 Å². The van der Waals surface area contributed by atoms with Gasteiger partial charge in [-0.15, -0.1) is 0 Å². The van der Waals surface area contributed by atoms with E-state index in [0.29, 0.717) is 12.2 Å². The van der Waals surface area contributed by atoms with Crippen molar-refractivity contribution in [1.29, 1.82) is 0 Å². The van der Waals surface area contributed by atoms with Crippen molar-refractivity contribution < 1.29 is 28.7 Å². The van der Waals surface area contributed by atoms with Gasteiger partial charge in [-0.25, -0.2) is 9.78 Å². The van der Waals surface area contributed by atoms with Crippen LogP contribution in [0.2, 0.25) is 0 Å². The van der Waals surface area contributed by atoms with Crippen LogP contribution in [0.3, 0.4) is 0 Å². The second kappa shape index (κ2) is 14.5. The highest BCUT2D eigenvalue weighted by Gasteiger charge is 2.24. The summed E-state index contributed by atoms with van der Waals surface area (Å²) in [7, 11) is 1.28. The summed E-state index contributed by atoms with van der Waals surface area (Å²) in [6.45, 7) is 7.16. The minimum absolute atomic E-state index is 0.0503. The molecule has 1 aromatic carbocycles. The summed E-state index contributed by atoms with van der Waals surface area (Å²) < 4.78 is 11.1. The summed E-state index contributed by atoms with van der Waals surface area (Å²) in [6.07, 6.45) is 1.41. The minimum atomic E-state index is -0.689. The van der Waals surface area contributed by atoms with Crippen LogP contribution in [0.4, 0.5) is 10.6 Å². The summed E-state index contributed by atoms with van der Waals surface area (Å²) in [5, 5.41) is 5.34. The van der Waals surface area contributed by atoms with Gasteiger partial charge in [0.1, 0.15) is 11.4 Å². The maximum Gasteiger partial charge on any atom is 0.416 e. The van der Waals surface area contributed by atoms with Gasteiger partial charge in [0.15, 0.2) is 0 Å². The lowest BCUT2D eigenvalue weighted by Crippen LogP contribution is -2.40. The van der Waals surface area contributed by atoms with E-state index in [1.165, 1.54) is 12.0 Å². The lowest BCUT2D eigenvalue weighted by molar-refractivity contribution is -0.141. The van der Waals surface area contributed by atoms with Crippen molar-refractivity contribution in [3.05, 3.63) is 58.2 Å². The van der Waals surface area contributed by atoms with Crippen molar-refractivity contribution in [1.82, 2.24) is 15.6 Å². The SMILES string of the molecule is COC(=O)C[C@H](NC(=O)CNC(=O)CCCN(C(=O)OC(C)(C)C)c1cc(C)ccn1)c1ccc(Br)cc1. The number of aromatic nitrogens is 1. The van der Waals surface area contributed by atoms with Gasteiger partial charge >= 0.3 is 12.1 Å². The fourth-order valence-corrected chi connectivity index (χ4v) is 3.66. The van der Waals surface area contributed by atoms with Crippen LogP contribution in [-0.4, -0.2) is 54.7 Å². The van der Waals surface area contributed by atoms with Crippen LogP contribution in [0.15, 0.2) is 47.1 Å². The van der Waals surface area contributed by atoms with E-state index in [9.17, 15) is 19.2 Å². The highest BCUT2D eigenvalue weighted by molar-refractivity contribution is 9.10. The monoisotopic (exact) mass is 590 g/mol. The first-order valence-corrected chi connectivity index (χ1v) is 13.0. The number of nitrogens with one attached hydrogen (secondary N) is 2. The molecule has 2 N–H and O–H groups in total. The molecule has 0 fully saturated rings. The number of ether oxygens (including phenoxy) is 2. The molecule has 0 radical (unpaired) electrons. The number of carbonyl (C=O) groups is 4. The molecule has 3 amide bonds. The zero-order chi connectivity index (χ0) is 28.3. The van der Waals surface area contributed by atoms with Crippen LogP contribution < -0.4 is 15.5 Å². The average molecular weight is 592 g/mol. The van der Waals surface area contributed by atoms with Crippen LogP contribution in [0.1, 0.15) is 57.2 Å². The van der Waals surface area contributed by atoms with Crippen molar-refractivity contribution in [2.24, 2.45) is 0 Å². The fourth-order valence-electron chi connectivity index (χ4n) is 3.39. The highest BCUT2D eigenvalue weighted by Crippen LogP contribution is 2.21. The largest absolute Gasteiger partial charge is 0.469 e. The molecule has 2 rings (SSSR count). The summed E-state index contributed by atoms with van der Waals surface area (Å²) in [5.74, 6) is -0.840. The second-order valence-corrected chi connectivity index (χ2v) is 10.6. The van der Waals surface area contributed by atoms with Gasteiger partial charge in [0.05, 0.1) is 26.1 Å². The minimum Gasteiger partial charge on any atom is -0.469 e. The van der Waals surface area contributed by atoms with E-state index < -0.39 is 29.6 Å². The average Bonchev–Trinajstić information content (AvgIpc) is 2.84. The molecule has 11 heteroatoms. The molecule has 1 aromatic heterocycles. The molecule has 206 valence electrons. The number of hydrogen-bond donors (Lipinski definition) is 2.